The van der Waals surface area contributed by atoms with E-state index in [4.69, 9.17) is 16.9 Å². The Morgan fingerprint density at radius 1 is 1.63 bits per heavy atom. The van der Waals surface area contributed by atoms with Crippen molar-refractivity contribution in [2.24, 2.45) is 0 Å². The van der Waals surface area contributed by atoms with Crippen molar-refractivity contribution < 1.29 is 9.18 Å². The van der Waals surface area contributed by atoms with Gasteiger partial charge in [0.1, 0.15) is 11.4 Å². The van der Waals surface area contributed by atoms with Gasteiger partial charge in [0.25, 0.3) is 0 Å². The van der Waals surface area contributed by atoms with E-state index in [1.165, 1.54) is 12.1 Å². The van der Waals surface area contributed by atoms with Gasteiger partial charge in [0.05, 0.1) is 12.5 Å². The highest BCUT2D eigenvalue weighted by Crippen LogP contribution is 2.27. The van der Waals surface area contributed by atoms with Gasteiger partial charge < -0.3 is 5.32 Å². The molecule has 0 saturated carbocycles. The summed E-state index contributed by atoms with van der Waals surface area (Å²) in [6.07, 6.45) is 0.463. The summed E-state index contributed by atoms with van der Waals surface area (Å²) < 4.78 is 13.6. The van der Waals surface area contributed by atoms with E-state index < -0.39 is 11.4 Å². The van der Waals surface area contributed by atoms with Gasteiger partial charge in [-0.15, -0.1) is 0 Å². The molecule has 1 atom stereocenters. The molecule has 1 fully saturated rings. The number of carbonyl (C=O) groups is 1. The summed E-state index contributed by atoms with van der Waals surface area (Å²) in [5, 5.41) is 12.1. The highest BCUT2D eigenvalue weighted by atomic mass is 35.5. The van der Waals surface area contributed by atoms with Crippen molar-refractivity contribution in [3.63, 3.8) is 0 Å². The maximum absolute atomic E-state index is 13.6. The van der Waals surface area contributed by atoms with Crippen LogP contribution in [0.5, 0.6) is 0 Å². The molecule has 1 aliphatic heterocycles. The van der Waals surface area contributed by atoms with E-state index in [1.54, 1.807) is 17.8 Å². The molecule has 1 aliphatic rings. The van der Waals surface area contributed by atoms with Crippen LogP contribution in [0.3, 0.4) is 0 Å². The minimum Gasteiger partial charge on any atom is -0.337 e. The van der Waals surface area contributed by atoms with Gasteiger partial charge in [-0.3, -0.25) is 4.79 Å². The lowest BCUT2D eigenvalue weighted by molar-refractivity contribution is -0.121. The van der Waals surface area contributed by atoms with E-state index in [0.717, 1.165) is 5.75 Å². The van der Waals surface area contributed by atoms with Crippen LogP contribution >= 0.6 is 23.4 Å². The second-order valence-electron chi connectivity index (χ2n) is 4.42. The molecule has 0 spiro atoms. The Morgan fingerprint density at radius 3 is 3.00 bits per heavy atom. The molecular weight excluding hydrogens is 287 g/mol. The van der Waals surface area contributed by atoms with Crippen molar-refractivity contribution in [1.82, 2.24) is 5.32 Å². The van der Waals surface area contributed by atoms with Gasteiger partial charge in [0.15, 0.2) is 0 Å². The SMILES string of the molecule is N#CC1(NC(=O)Cc2c(F)cccc2Cl)CCSC1. The molecule has 0 radical (unpaired) electrons. The van der Waals surface area contributed by atoms with Gasteiger partial charge in [-0.2, -0.15) is 17.0 Å². The van der Waals surface area contributed by atoms with E-state index in [0.29, 0.717) is 12.2 Å². The van der Waals surface area contributed by atoms with Crippen LogP contribution in [-0.4, -0.2) is 23.0 Å². The summed E-state index contributed by atoms with van der Waals surface area (Å²) >= 11 is 7.49. The van der Waals surface area contributed by atoms with Gasteiger partial charge in [0.2, 0.25) is 5.91 Å². The summed E-state index contributed by atoms with van der Waals surface area (Å²) in [6.45, 7) is 0. The van der Waals surface area contributed by atoms with Crippen molar-refractivity contribution in [3.05, 3.63) is 34.6 Å². The number of thioether (sulfide) groups is 1. The molecular formula is C13H12ClFN2OS. The fourth-order valence-corrected chi connectivity index (χ4v) is 3.45. The Labute approximate surface area is 120 Å². The summed E-state index contributed by atoms with van der Waals surface area (Å²) in [7, 11) is 0. The lowest BCUT2D eigenvalue weighted by Crippen LogP contribution is -2.48. The van der Waals surface area contributed by atoms with Crippen molar-refractivity contribution in [2.45, 2.75) is 18.4 Å². The first-order valence-electron chi connectivity index (χ1n) is 5.79. The number of nitrogens with one attached hydrogen (secondary N) is 1. The van der Waals surface area contributed by atoms with Gasteiger partial charge >= 0.3 is 0 Å². The molecule has 1 unspecified atom stereocenters. The molecule has 1 heterocycles. The highest BCUT2D eigenvalue weighted by Gasteiger charge is 2.36. The Kier molecular flexibility index (Phi) is 4.33. The number of rotatable bonds is 3. The summed E-state index contributed by atoms with van der Waals surface area (Å²) in [6, 6.07) is 6.44. The van der Waals surface area contributed by atoms with E-state index in [1.807, 2.05) is 0 Å². The zero-order chi connectivity index (χ0) is 13.9. The largest absolute Gasteiger partial charge is 0.337 e. The summed E-state index contributed by atoms with van der Waals surface area (Å²) in [5.74, 6) is 0.527. The predicted molar refractivity (Wildman–Crippen MR) is 73.5 cm³/mol. The number of halogens is 2. The number of carbonyl (C=O) groups excluding carboxylic acids is 1. The van der Waals surface area contributed by atoms with E-state index in [9.17, 15) is 9.18 Å². The monoisotopic (exact) mass is 298 g/mol. The lowest BCUT2D eigenvalue weighted by Gasteiger charge is -2.21. The van der Waals surface area contributed by atoms with Crippen LogP contribution in [0.15, 0.2) is 18.2 Å². The number of hydrogen-bond acceptors (Lipinski definition) is 3. The van der Waals surface area contributed by atoms with Crippen molar-refractivity contribution in [2.75, 3.05) is 11.5 Å². The summed E-state index contributed by atoms with van der Waals surface area (Å²) in [5.41, 5.74) is -0.653. The first kappa shape index (κ1) is 14.2. The number of nitrogens with zero attached hydrogens (tertiary/aromatic N) is 1. The predicted octanol–water partition coefficient (Wildman–Crippen LogP) is 2.54. The summed E-state index contributed by atoms with van der Waals surface area (Å²) in [4.78, 5) is 11.9. The average Bonchev–Trinajstić information content (AvgIpc) is 2.83. The van der Waals surface area contributed by atoms with Crippen LogP contribution in [0.25, 0.3) is 0 Å². The smallest absolute Gasteiger partial charge is 0.225 e. The maximum Gasteiger partial charge on any atom is 0.225 e. The lowest BCUT2D eigenvalue weighted by atomic mass is 10.0. The Bertz CT molecular complexity index is 518. The Hall–Kier alpha value is -1.25. The van der Waals surface area contributed by atoms with Crippen LogP contribution in [-0.2, 0) is 11.2 Å². The standard InChI is InChI=1S/C13H12ClFN2OS/c14-10-2-1-3-11(15)9(10)6-12(18)17-13(7-16)4-5-19-8-13/h1-3H,4-6,8H2,(H,17,18). The van der Waals surface area contributed by atoms with Gasteiger partial charge in [0, 0.05) is 16.3 Å². The zero-order valence-corrected chi connectivity index (χ0v) is 11.7. The number of amides is 1. The third kappa shape index (κ3) is 3.20. The Balaban J connectivity index is 2.08. The Morgan fingerprint density at radius 2 is 2.42 bits per heavy atom. The number of benzene rings is 1. The first-order valence-corrected chi connectivity index (χ1v) is 7.32. The number of hydrogen-bond donors (Lipinski definition) is 1. The topological polar surface area (TPSA) is 52.9 Å². The van der Waals surface area contributed by atoms with Gasteiger partial charge in [-0.25, -0.2) is 4.39 Å². The molecule has 0 bridgehead atoms. The molecule has 0 aromatic heterocycles. The highest BCUT2D eigenvalue weighted by molar-refractivity contribution is 7.99. The van der Waals surface area contributed by atoms with Crippen LogP contribution in [0.1, 0.15) is 12.0 Å². The van der Waals surface area contributed by atoms with Gasteiger partial charge in [-0.05, 0) is 24.3 Å². The fraction of sp³-hybridized carbons (Fsp3) is 0.385. The molecule has 6 heteroatoms. The van der Waals surface area contributed by atoms with E-state index in [-0.39, 0.29) is 22.9 Å². The zero-order valence-electron chi connectivity index (χ0n) is 10.1. The molecule has 100 valence electrons. The molecule has 1 amide bonds. The molecule has 2 rings (SSSR count). The normalized spacial score (nSPS) is 21.9. The molecule has 1 N–H and O–H groups in total. The van der Waals surface area contributed by atoms with E-state index in [2.05, 4.69) is 11.4 Å². The molecule has 19 heavy (non-hydrogen) atoms. The third-order valence-corrected chi connectivity index (χ3v) is 4.56. The second kappa shape index (κ2) is 5.81. The maximum atomic E-state index is 13.6. The number of nitriles is 1. The molecule has 0 aliphatic carbocycles. The first-order chi connectivity index (χ1) is 9.06. The molecule has 1 aromatic carbocycles. The molecule has 1 aromatic rings. The second-order valence-corrected chi connectivity index (χ2v) is 5.93. The van der Waals surface area contributed by atoms with Crippen molar-refractivity contribution in [1.29, 1.82) is 5.26 Å². The van der Waals surface area contributed by atoms with Gasteiger partial charge in [-0.1, -0.05) is 17.7 Å². The van der Waals surface area contributed by atoms with Crippen molar-refractivity contribution in [3.8, 4) is 6.07 Å². The van der Waals surface area contributed by atoms with Crippen LogP contribution in [0.4, 0.5) is 4.39 Å². The third-order valence-electron chi connectivity index (χ3n) is 3.01. The van der Waals surface area contributed by atoms with Crippen LogP contribution < -0.4 is 5.32 Å². The van der Waals surface area contributed by atoms with Crippen LogP contribution in [0, 0.1) is 17.1 Å². The quantitative estimate of drug-likeness (QED) is 0.933. The average molecular weight is 299 g/mol. The fourth-order valence-electron chi connectivity index (χ4n) is 1.95. The molecule has 3 nitrogen and oxygen atoms in total. The van der Waals surface area contributed by atoms with Crippen molar-refractivity contribution >= 4 is 29.3 Å². The van der Waals surface area contributed by atoms with Crippen LogP contribution in [0.2, 0.25) is 5.02 Å². The van der Waals surface area contributed by atoms with E-state index >= 15 is 0 Å². The minimum absolute atomic E-state index is 0.153. The minimum atomic E-state index is -0.820. The molecule has 1 saturated heterocycles.